The average molecular weight is 517 g/mol. The van der Waals surface area contributed by atoms with Gasteiger partial charge in [-0.15, -0.1) is 0 Å². The lowest BCUT2D eigenvalue weighted by atomic mass is 9.51. The minimum Gasteiger partial charge on any atom is -0.462 e. The molecule has 8 nitrogen and oxygen atoms in total. The predicted molar refractivity (Wildman–Crippen MR) is 134 cm³/mol. The van der Waals surface area contributed by atoms with Gasteiger partial charge >= 0.3 is 11.9 Å². The molecule has 0 aromatic carbocycles. The molecule has 204 valence electrons. The first-order chi connectivity index (χ1) is 17.6. The Labute approximate surface area is 219 Å². The Morgan fingerprint density at radius 1 is 1.03 bits per heavy atom. The molecule has 5 aliphatic rings. The van der Waals surface area contributed by atoms with E-state index in [2.05, 4.69) is 19.9 Å². The van der Waals surface area contributed by atoms with E-state index in [1.807, 2.05) is 6.92 Å². The SMILES string of the molecule is CC(=O)[C@H]1CCCCC(=O)O[C@@H]2C[C@H]3O[C@@H]4C=C(C)CC[C@]4(COC(=O)/C=C(/C)CCO1)[C@]2(C)[C@]31CO1. The molecule has 7 atom stereocenters. The zero-order valence-corrected chi connectivity index (χ0v) is 22.5. The van der Waals surface area contributed by atoms with Gasteiger partial charge in [-0.05, 0) is 59.3 Å². The second-order valence-corrected chi connectivity index (χ2v) is 11.9. The third-order valence-electron chi connectivity index (χ3n) is 9.69. The lowest BCUT2D eigenvalue weighted by molar-refractivity contribution is -0.232. The number of esters is 2. The molecule has 0 aromatic heterocycles. The molecule has 2 bridgehead atoms. The molecule has 5 rings (SSSR count). The topological polar surface area (TPSA) is 101 Å². The van der Waals surface area contributed by atoms with Crippen molar-refractivity contribution in [2.24, 2.45) is 10.8 Å². The van der Waals surface area contributed by atoms with Crippen LogP contribution in [0.4, 0.5) is 0 Å². The van der Waals surface area contributed by atoms with Crippen molar-refractivity contribution in [2.75, 3.05) is 19.8 Å². The molecule has 1 saturated carbocycles. The molecule has 3 heterocycles. The van der Waals surface area contributed by atoms with Gasteiger partial charge < -0.3 is 23.7 Å². The Morgan fingerprint density at radius 2 is 1.81 bits per heavy atom. The van der Waals surface area contributed by atoms with Crippen LogP contribution in [0.1, 0.15) is 79.1 Å². The summed E-state index contributed by atoms with van der Waals surface area (Å²) in [5.74, 6) is -0.694. The van der Waals surface area contributed by atoms with E-state index in [-0.39, 0.29) is 37.0 Å². The fourth-order valence-corrected chi connectivity index (χ4v) is 7.23. The summed E-state index contributed by atoms with van der Waals surface area (Å²) in [6.45, 7) is 8.71. The smallest absolute Gasteiger partial charge is 0.330 e. The zero-order valence-electron chi connectivity index (χ0n) is 22.5. The van der Waals surface area contributed by atoms with Crippen LogP contribution >= 0.6 is 0 Å². The maximum atomic E-state index is 13.0. The molecule has 0 aromatic rings. The number of hydrogen-bond donors (Lipinski definition) is 0. The van der Waals surface area contributed by atoms with Crippen molar-refractivity contribution in [1.29, 1.82) is 0 Å². The molecular formula is C29H40O8. The lowest BCUT2D eigenvalue weighted by Crippen LogP contribution is -2.66. The highest BCUT2D eigenvalue weighted by Gasteiger charge is 2.83. The van der Waals surface area contributed by atoms with Crippen molar-refractivity contribution in [3.63, 3.8) is 0 Å². The fraction of sp³-hybridized carbons (Fsp3) is 0.759. The highest BCUT2D eigenvalue weighted by Crippen LogP contribution is 2.72. The van der Waals surface area contributed by atoms with Crippen molar-refractivity contribution < 1.29 is 38.1 Å². The molecule has 2 spiro atoms. The number of hydrogen-bond acceptors (Lipinski definition) is 8. The van der Waals surface area contributed by atoms with Gasteiger partial charge in [-0.1, -0.05) is 24.1 Å². The first-order valence-corrected chi connectivity index (χ1v) is 13.7. The lowest BCUT2D eigenvalue weighted by Gasteiger charge is -2.58. The number of Topliss-reactive ketones (excluding diaryl/α,β-unsaturated/α-hetero) is 1. The van der Waals surface area contributed by atoms with E-state index in [0.29, 0.717) is 45.3 Å². The number of rotatable bonds is 1. The standard InChI is InChI=1S/C29H40O8/c1-18-9-11-28-16-34-26(32)14-19(2)10-12-33-21(20(3)30)7-5-6-8-25(31)37-22-15-24(36-23(28)13-18)29(17-35-29)27(22,28)4/h13-14,21-24H,5-12,15-17H2,1-4H3/b19-14-/t21-,22-,23-,24-,27-,28-,29+/m1/s1. The molecule has 37 heavy (non-hydrogen) atoms. The molecule has 2 saturated heterocycles. The maximum Gasteiger partial charge on any atom is 0.330 e. The quantitative estimate of drug-likeness (QED) is 0.293. The van der Waals surface area contributed by atoms with E-state index in [4.69, 9.17) is 23.7 Å². The highest BCUT2D eigenvalue weighted by molar-refractivity contribution is 5.82. The number of allylic oxidation sites excluding steroid dienone is 1. The summed E-state index contributed by atoms with van der Waals surface area (Å²) < 4.78 is 30.8. The zero-order chi connectivity index (χ0) is 26.4. The number of ether oxygens (including phenoxy) is 5. The number of carbonyl (C=O) groups is 3. The molecule has 2 aliphatic carbocycles. The Balaban J connectivity index is 1.46. The largest absolute Gasteiger partial charge is 0.462 e. The van der Waals surface area contributed by atoms with Gasteiger partial charge in [-0.25, -0.2) is 4.79 Å². The van der Waals surface area contributed by atoms with Crippen LogP contribution in [0.15, 0.2) is 23.3 Å². The van der Waals surface area contributed by atoms with Gasteiger partial charge in [0.25, 0.3) is 0 Å². The predicted octanol–water partition coefficient (Wildman–Crippen LogP) is 4.00. The highest BCUT2D eigenvalue weighted by atomic mass is 16.6. The first kappa shape index (κ1) is 26.6. The van der Waals surface area contributed by atoms with Gasteiger partial charge in [-0.3, -0.25) is 9.59 Å². The molecule has 3 fully saturated rings. The van der Waals surface area contributed by atoms with Gasteiger partial charge in [0.1, 0.15) is 24.4 Å². The number of carbonyl (C=O) groups excluding carboxylic acids is 3. The molecule has 8 heteroatoms. The normalized spacial score (nSPS) is 44.3. The summed E-state index contributed by atoms with van der Waals surface area (Å²) in [4.78, 5) is 38.0. The van der Waals surface area contributed by atoms with E-state index >= 15 is 0 Å². The molecule has 0 amide bonds. The van der Waals surface area contributed by atoms with Crippen molar-refractivity contribution >= 4 is 17.7 Å². The van der Waals surface area contributed by atoms with Crippen LogP contribution in [0, 0.1) is 10.8 Å². The van der Waals surface area contributed by atoms with Gasteiger partial charge in [0, 0.05) is 24.3 Å². The van der Waals surface area contributed by atoms with Gasteiger partial charge in [0.15, 0.2) is 5.78 Å². The van der Waals surface area contributed by atoms with E-state index in [1.54, 1.807) is 0 Å². The Morgan fingerprint density at radius 3 is 2.54 bits per heavy atom. The van der Waals surface area contributed by atoms with Crippen LogP contribution in [-0.4, -0.2) is 67.6 Å². The molecule has 0 unspecified atom stereocenters. The second-order valence-electron chi connectivity index (χ2n) is 11.9. The van der Waals surface area contributed by atoms with Crippen LogP contribution in [0.3, 0.4) is 0 Å². The maximum absolute atomic E-state index is 13.0. The number of epoxide rings is 1. The Hall–Kier alpha value is -2.03. The Bertz CT molecular complexity index is 1010. The van der Waals surface area contributed by atoms with Gasteiger partial charge in [0.05, 0.1) is 30.8 Å². The van der Waals surface area contributed by atoms with Gasteiger partial charge in [-0.2, -0.15) is 0 Å². The molecule has 0 radical (unpaired) electrons. The summed E-state index contributed by atoms with van der Waals surface area (Å²) in [7, 11) is 0. The number of cyclic esters (lactones) is 1. The summed E-state index contributed by atoms with van der Waals surface area (Å²) in [5.41, 5.74) is 0.437. The Kier molecular flexibility index (Phi) is 7.13. The van der Waals surface area contributed by atoms with E-state index < -0.39 is 34.6 Å². The van der Waals surface area contributed by atoms with E-state index in [0.717, 1.165) is 18.4 Å². The number of ketones is 1. The summed E-state index contributed by atoms with van der Waals surface area (Å²) >= 11 is 0. The molecule has 0 N–H and O–H groups in total. The molecule has 3 aliphatic heterocycles. The van der Waals surface area contributed by atoms with Crippen LogP contribution in [-0.2, 0) is 38.1 Å². The van der Waals surface area contributed by atoms with Gasteiger partial charge in [0.2, 0.25) is 0 Å². The van der Waals surface area contributed by atoms with Crippen LogP contribution in [0.2, 0.25) is 0 Å². The van der Waals surface area contributed by atoms with Crippen LogP contribution in [0.25, 0.3) is 0 Å². The summed E-state index contributed by atoms with van der Waals surface area (Å²) in [6, 6.07) is 0. The third kappa shape index (κ3) is 4.49. The minimum absolute atomic E-state index is 0.0319. The third-order valence-corrected chi connectivity index (χ3v) is 9.69. The van der Waals surface area contributed by atoms with E-state index in [1.165, 1.54) is 18.6 Å². The first-order valence-electron chi connectivity index (χ1n) is 13.7. The monoisotopic (exact) mass is 516 g/mol. The van der Waals surface area contributed by atoms with Crippen LogP contribution in [0.5, 0.6) is 0 Å². The average Bonchev–Trinajstić information content (AvgIpc) is 3.61. The minimum atomic E-state index is -0.568. The van der Waals surface area contributed by atoms with E-state index in [9.17, 15) is 14.4 Å². The van der Waals surface area contributed by atoms with Crippen LogP contribution < -0.4 is 0 Å². The van der Waals surface area contributed by atoms with Crippen molar-refractivity contribution in [1.82, 2.24) is 0 Å². The molecular weight excluding hydrogens is 476 g/mol. The second kappa shape index (κ2) is 9.93. The van der Waals surface area contributed by atoms with Crippen molar-refractivity contribution in [2.45, 2.75) is 109 Å². The summed E-state index contributed by atoms with van der Waals surface area (Å²) in [5, 5.41) is 0. The fourth-order valence-electron chi connectivity index (χ4n) is 7.23. The van der Waals surface area contributed by atoms with Crippen molar-refractivity contribution in [3.8, 4) is 0 Å². The summed E-state index contributed by atoms with van der Waals surface area (Å²) in [6.07, 6.45) is 7.23. The van der Waals surface area contributed by atoms with Crippen molar-refractivity contribution in [3.05, 3.63) is 23.3 Å².